The van der Waals surface area contributed by atoms with Crippen LogP contribution in [0.25, 0.3) is 0 Å². The first-order valence-corrected chi connectivity index (χ1v) is 8.86. The van der Waals surface area contributed by atoms with Crippen LogP contribution >= 0.6 is 0 Å². The summed E-state index contributed by atoms with van der Waals surface area (Å²) in [6.07, 6.45) is 1.01. The Hall–Kier alpha value is -0.950. The summed E-state index contributed by atoms with van der Waals surface area (Å²) in [5, 5.41) is 9.18. The first-order valence-electron chi connectivity index (χ1n) is 7.42. The maximum absolute atomic E-state index is 12.5. The minimum absolute atomic E-state index is 0.231. The van der Waals surface area contributed by atoms with Crippen LogP contribution in [-0.2, 0) is 10.0 Å². The summed E-state index contributed by atoms with van der Waals surface area (Å²) < 4.78 is 26.5. The van der Waals surface area contributed by atoms with Crippen LogP contribution in [0.3, 0.4) is 0 Å². The highest BCUT2D eigenvalue weighted by atomic mass is 32.2. The van der Waals surface area contributed by atoms with Crippen molar-refractivity contribution in [3.05, 3.63) is 29.8 Å². The number of aliphatic hydroxyl groups excluding tert-OH is 1. The lowest BCUT2D eigenvalue weighted by Crippen LogP contribution is -2.60. The maximum atomic E-state index is 12.5. The molecule has 0 radical (unpaired) electrons. The van der Waals surface area contributed by atoms with Gasteiger partial charge in [-0.3, -0.25) is 4.90 Å². The van der Waals surface area contributed by atoms with Crippen LogP contribution < -0.4 is 0 Å². The number of rotatable bonds is 4. The molecule has 21 heavy (non-hydrogen) atoms. The smallest absolute Gasteiger partial charge is 0.243 e. The third-order valence-electron chi connectivity index (χ3n) is 4.58. The maximum Gasteiger partial charge on any atom is 0.243 e. The first-order chi connectivity index (χ1) is 10.0. The summed E-state index contributed by atoms with van der Waals surface area (Å²) in [5.74, 6) is 0.354. The zero-order chi connectivity index (χ0) is 15.0. The lowest BCUT2D eigenvalue weighted by atomic mass is 10.1. The molecule has 2 aliphatic rings. The van der Waals surface area contributed by atoms with E-state index >= 15 is 0 Å². The number of sulfonamides is 1. The van der Waals surface area contributed by atoms with E-state index in [0.717, 1.165) is 25.1 Å². The number of likely N-dealkylation sites (tertiary alicyclic amines) is 1. The van der Waals surface area contributed by atoms with Crippen molar-refractivity contribution < 1.29 is 13.5 Å². The van der Waals surface area contributed by atoms with Gasteiger partial charge in [-0.1, -0.05) is 17.7 Å². The highest BCUT2D eigenvalue weighted by Gasteiger charge is 2.41. The summed E-state index contributed by atoms with van der Waals surface area (Å²) in [7, 11) is -3.34. The molecule has 5 nitrogen and oxygen atoms in total. The van der Waals surface area contributed by atoms with E-state index in [2.05, 4.69) is 4.90 Å². The van der Waals surface area contributed by atoms with Crippen molar-refractivity contribution >= 4 is 10.0 Å². The Morgan fingerprint density at radius 1 is 1.19 bits per heavy atom. The molecule has 1 N–H and O–H groups in total. The molecule has 0 saturated carbocycles. The second kappa shape index (κ2) is 5.68. The molecule has 1 atom stereocenters. The molecular formula is C15H22N2O3S. The van der Waals surface area contributed by atoms with Crippen LogP contribution in [0.5, 0.6) is 0 Å². The molecule has 6 heteroatoms. The van der Waals surface area contributed by atoms with Crippen LogP contribution in [0.2, 0.25) is 0 Å². The molecule has 2 heterocycles. The summed E-state index contributed by atoms with van der Waals surface area (Å²) >= 11 is 0. The van der Waals surface area contributed by atoms with Crippen molar-refractivity contribution in [3.63, 3.8) is 0 Å². The molecule has 1 aromatic carbocycles. The van der Waals surface area contributed by atoms with Gasteiger partial charge >= 0.3 is 0 Å². The van der Waals surface area contributed by atoms with Crippen LogP contribution in [-0.4, -0.2) is 61.6 Å². The molecule has 1 aromatic rings. The Bertz CT molecular complexity index is 594. The lowest BCUT2D eigenvalue weighted by Gasteiger charge is -2.43. The van der Waals surface area contributed by atoms with Crippen molar-refractivity contribution in [1.82, 2.24) is 9.21 Å². The summed E-state index contributed by atoms with van der Waals surface area (Å²) in [5.41, 5.74) is 1.06. The molecule has 116 valence electrons. The second-order valence-electron chi connectivity index (χ2n) is 6.12. The highest BCUT2D eigenvalue weighted by molar-refractivity contribution is 7.89. The fourth-order valence-electron chi connectivity index (χ4n) is 3.05. The van der Waals surface area contributed by atoms with Gasteiger partial charge in [0.25, 0.3) is 0 Å². The third-order valence-corrected chi connectivity index (χ3v) is 6.43. The second-order valence-corrected chi connectivity index (χ2v) is 8.06. The summed E-state index contributed by atoms with van der Waals surface area (Å²) in [4.78, 5) is 2.68. The molecule has 0 aliphatic carbocycles. The van der Waals surface area contributed by atoms with E-state index in [-0.39, 0.29) is 6.61 Å². The minimum atomic E-state index is -3.34. The molecule has 2 aliphatic heterocycles. The Balaban J connectivity index is 1.62. The number of hydrogen-bond donors (Lipinski definition) is 1. The highest BCUT2D eigenvalue weighted by Crippen LogP contribution is 2.28. The standard InChI is InChI=1S/C15H22N2O3S/c1-12-2-4-15(5-3-12)21(19,20)17-9-14(10-17)16-7-6-13(8-16)11-18/h2-5,13-14,18H,6-11H2,1H3. The molecular weight excluding hydrogens is 288 g/mol. The quantitative estimate of drug-likeness (QED) is 0.888. The predicted octanol–water partition coefficient (Wildman–Crippen LogP) is 0.682. The molecule has 3 rings (SSSR count). The zero-order valence-corrected chi connectivity index (χ0v) is 13.1. The normalized spacial score (nSPS) is 25.1. The van der Waals surface area contributed by atoms with Crippen LogP contribution in [0.4, 0.5) is 0 Å². The minimum Gasteiger partial charge on any atom is -0.396 e. The molecule has 1 unspecified atom stereocenters. The monoisotopic (exact) mass is 310 g/mol. The van der Waals surface area contributed by atoms with E-state index in [1.54, 1.807) is 16.4 Å². The Morgan fingerprint density at radius 2 is 1.86 bits per heavy atom. The van der Waals surface area contributed by atoms with E-state index in [4.69, 9.17) is 0 Å². The molecule has 2 fully saturated rings. The number of aryl methyl sites for hydroxylation is 1. The largest absolute Gasteiger partial charge is 0.396 e. The van der Waals surface area contributed by atoms with Gasteiger partial charge in [0, 0.05) is 32.3 Å². The summed E-state index contributed by atoms with van der Waals surface area (Å²) in [6, 6.07) is 7.32. The van der Waals surface area contributed by atoms with E-state index < -0.39 is 10.0 Å². The molecule has 2 saturated heterocycles. The fraction of sp³-hybridized carbons (Fsp3) is 0.600. The molecule has 0 spiro atoms. The fourth-order valence-corrected chi connectivity index (χ4v) is 4.56. The van der Waals surface area contributed by atoms with Gasteiger partial charge in [-0.2, -0.15) is 4.31 Å². The van der Waals surface area contributed by atoms with Crippen molar-refractivity contribution in [1.29, 1.82) is 0 Å². The first kappa shape index (κ1) is 15.0. The van der Waals surface area contributed by atoms with E-state index in [9.17, 15) is 13.5 Å². The average Bonchev–Trinajstić information content (AvgIpc) is 2.86. The number of hydrogen-bond acceptors (Lipinski definition) is 4. The van der Waals surface area contributed by atoms with E-state index in [1.807, 2.05) is 19.1 Å². The van der Waals surface area contributed by atoms with Gasteiger partial charge in [0.05, 0.1) is 4.90 Å². The molecule has 0 amide bonds. The molecule has 0 bridgehead atoms. The summed E-state index contributed by atoms with van der Waals surface area (Å²) in [6.45, 7) is 5.16. The van der Waals surface area contributed by atoms with Gasteiger partial charge in [0.1, 0.15) is 0 Å². The van der Waals surface area contributed by atoms with Gasteiger partial charge < -0.3 is 5.11 Å². The predicted molar refractivity (Wildman–Crippen MR) is 80.5 cm³/mol. The lowest BCUT2D eigenvalue weighted by molar-refractivity contribution is 0.102. The van der Waals surface area contributed by atoms with Crippen LogP contribution in [0.15, 0.2) is 29.2 Å². The van der Waals surface area contributed by atoms with Crippen LogP contribution in [0, 0.1) is 12.8 Å². The molecule has 0 aromatic heterocycles. The van der Waals surface area contributed by atoms with Gasteiger partial charge in [-0.25, -0.2) is 8.42 Å². The van der Waals surface area contributed by atoms with Gasteiger partial charge in [-0.15, -0.1) is 0 Å². The van der Waals surface area contributed by atoms with E-state index in [1.165, 1.54) is 0 Å². The number of nitrogens with zero attached hydrogens (tertiary/aromatic N) is 2. The van der Waals surface area contributed by atoms with Crippen molar-refractivity contribution in [3.8, 4) is 0 Å². The topological polar surface area (TPSA) is 60.9 Å². The van der Waals surface area contributed by atoms with E-state index in [0.29, 0.717) is 29.9 Å². The number of aliphatic hydroxyl groups is 1. The third kappa shape index (κ3) is 2.85. The van der Waals surface area contributed by atoms with Crippen molar-refractivity contribution in [2.75, 3.05) is 32.8 Å². The van der Waals surface area contributed by atoms with Gasteiger partial charge in [-0.05, 0) is 37.9 Å². The number of benzene rings is 1. The van der Waals surface area contributed by atoms with Gasteiger partial charge in [0.2, 0.25) is 10.0 Å². The van der Waals surface area contributed by atoms with Crippen molar-refractivity contribution in [2.24, 2.45) is 5.92 Å². The SMILES string of the molecule is Cc1ccc(S(=O)(=O)N2CC(N3CCC(CO)C3)C2)cc1. The van der Waals surface area contributed by atoms with Crippen molar-refractivity contribution in [2.45, 2.75) is 24.3 Å². The zero-order valence-electron chi connectivity index (χ0n) is 12.3. The van der Waals surface area contributed by atoms with Crippen LogP contribution in [0.1, 0.15) is 12.0 Å². The van der Waals surface area contributed by atoms with Gasteiger partial charge in [0.15, 0.2) is 0 Å². The average molecular weight is 310 g/mol. The Labute approximate surface area is 126 Å². The Kier molecular flexibility index (Phi) is 4.05. The Morgan fingerprint density at radius 3 is 2.43 bits per heavy atom.